The maximum Gasteiger partial charge on any atom is 0.255 e. The van der Waals surface area contributed by atoms with Crippen molar-refractivity contribution in [1.29, 1.82) is 0 Å². The van der Waals surface area contributed by atoms with Gasteiger partial charge in [0.1, 0.15) is 17.2 Å². The topological polar surface area (TPSA) is 76.2 Å². The van der Waals surface area contributed by atoms with Gasteiger partial charge >= 0.3 is 0 Å². The fourth-order valence-corrected chi connectivity index (χ4v) is 2.93. The highest BCUT2D eigenvalue weighted by molar-refractivity contribution is 6.06. The number of aryl methyl sites for hydroxylation is 1. The number of hydrogen-bond acceptors (Lipinski definition) is 4. The number of aromatic amines is 1. The van der Waals surface area contributed by atoms with E-state index in [-0.39, 0.29) is 5.91 Å². The average Bonchev–Trinajstić information content (AvgIpc) is 3.10. The number of hydrogen-bond donors (Lipinski definition) is 2. The second-order valence-corrected chi connectivity index (χ2v) is 6.06. The van der Waals surface area contributed by atoms with Crippen molar-refractivity contribution in [3.63, 3.8) is 0 Å². The Morgan fingerprint density at radius 3 is 2.67 bits per heavy atom. The molecule has 3 aromatic rings. The molecule has 0 fully saturated rings. The zero-order chi connectivity index (χ0) is 19.2. The Labute approximate surface area is 158 Å². The van der Waals surface area contributed by atoms with Crippen molar-refractivity contribution in [1.82, 2.24) is 10.2 Å². The molecule has 0 aliphatic rings. The molecule has 0 bridgehead atoms. The van der Waals surface area contributed by atoms with Gasteiger partial charge < -0.3 is 14.8 Å². The summed E-state index contributed by atoms with van der Waals surface area (Å²) in [5, 5.41) is 10.5. The third-order valence-electron chi connectivity index (χ3n) is 4.27. The van der Waals surface area contributed by atoms with Gasteiger partial charge in [0.05, 0.1) is 25.6 Å². The number of nitrogens with one attached hydrogen (secondary N) is 2. The van der Waals surface area contributed by atoms with Gasteiger partial charge in [-0.2, -0.15) is 5.10 Å². The monoisotopic (exact) mass is 365 g/mol. The Morgan fingerprint density at radius 1 is 1.11 bits per heavy atom. The summed E-state index contributed by atoms with van der Waals surface area (Å²) < 4.78 is 10.7. The summed E-state index contributed by atoms with van der Waals surface area (Å²) in [6.45, 7) is 2.08. The van der Waals surface area contributed by atoms with Crippen molar-refractivity contribution < 1.29 is 14.3 Å². The smallest absolute Gasteiger partial charge is 0.255 e. The van der Waals surface area contributed by atoms with Gasteiger partial charge in [-0.1, -0.05) is 31.5 Å². The number of carbonyl (C=O) groups is 1. The molecule has 0 saturated carbocycles. The molecule has 27 heavy (non-hydrogen) atoms. The summed E-state index contributed by atoms with van der Waals surface area (Å²) in [6, 6.07) is 14.7. The summed E-state index contributed by atoms with van der Waals surface area (Å²) in [5.74, 6) is 1.11. The summed E-state index contributed by atoms with van der Waals surface area (Å²) in [4.78, 5) is 12.8. The SMILES string of the molecule is CCCc1[nH]nc(-c2ccccc2OC)c1NC(=O)c1cccc(OC)c1. The number of H-pyrrole nitrogens is 1. The van der Waals surface area contributed by atoms with Crippen molar-refractivity contribution >= 4 is 11.6 Å². The van der Waals surface area contributed by atoms with Crippen LogP contribution in [-0.2, 0) is 6.42 Å². The van der Waals surface area contributed by atoms with Crippen LogP contribution in [0.25, 0.3) is 11.3 Å². The Morgan fingerprint density at radius 2 is 1.93 bits per heavy atom. The minimum atomic E-state index is -0.219. The van der Waals surface area contributed by atoms with Crippen LogP contribution in [0.5, 0.6) is 11.5 Å². The molecule has 1 heterocycles. The van der Waals surface area contributed by atoms with Gasteiger partial charge in [0, 0.05) is 11.1 Å². The number of benzene rings is 2. The van der Waals surface area contributed by atoms with E-state index >= 15 is 0 Å². The fourth-order valence-electron chi connectivity index (χ4n) is 2.93. The largest absolute Gasteiger partial charge is 0.497 e. The third-order valence-corrected chi connectivity index (χ3v) is 4.27. The van der Waals surface area contributed by atoms with E-state index in [0.29, 0.717) is 28.4 Å². The zero-order valence-electron chi connectivity index (χ0n) is 15.7. The predicted molar refractivity (Wildman–Crippen MR) is 106 cm³/mol. The first-order chi connectivity index (χ1) is 13.2. The van der Waals surface area contributed by atoms with E-state index in [1.165, 1.54) is 0 Å². The van der Waals surface area contributed by atoms with Crippen LogP contribution in [0.2, 0.25) is 0 Å². The molecule has 0 saturated heterocycles. The Kier molecular flexibility index (Phi) is 5.76. The first kappa shape index (κ1) is 18.5. The van der Waals surface area contributed by atoms with Crippen molar-refractivity contribution in [3.05, 3.63) is 59.8 Å². The highest BCUT2D eigenvalue weighted by atomic mass is 16.5. The van der Waals surface area contributed by atoms with Crippen LogP contribution in [0.15, 0.2) is 48.5 Å². The summed E-state index contributed by atoms with van der Waals surface area (Å²) >= 11 is 0. The van der Waals surface area contributed by atoms with E-state index in [2.05, 4.69) is 22.4 Å². The molecule has 6 nitrogen and oxygen atoms in total. The lowest BCUT2D eigenvalue weighted by Crippen LogP contribution is -2.13. The quantitative estimate of drug-likeness (QED) is 0.654. The molecule has 0 spiro atoms. The van der Waals surface area contributed by atoms with Crippen LogP contribution in [0.3, 0.4) is 0 Å². The van der Waals surface area contributed by atoms with Crippen LogP contribution in [-0.4, -0.2) is 30.3 Å². The molecule has 6 heteroatoms. The molecule has 140 valence electrons. The lowest BCUT2D eigenvalue weighted by molar-refractivity contribution is 0.102. The van der Waals surface area contributed by atoms with Crippen LogP contribution in [0.4, 0.5) is 5.69 Å². The van der Waals surface area contributed by atoms with Gasteiger partial charge in [-0.25, -0.2) is 0 Å². The van der Waals surface area contributed by atoms with Gasteiger partial charge in [0.2, 0.25) is 0 Å². The molecule has 2 N–H and O–H groups in total. The molecular formula is C21H23N3O3. The highest BCUT2D eigenvalue weighted by Gasteiger charge is 2.20. The maximum atomic E-state index is 12.8. The summed E-state index contributed by atoms with van der Waals surface area (Å²) in [5.41, 5.74) is 3.56. The van der Waals surface area contributed by atoms with Gasteiger partial charge in [-0.15, -0.1) is 0 Å². The zero-order valence-corrected chi connectivity index (χ0v) is 15.7. The average molecular weight is 365 g/mol. The molecule has 0 radical (unpaired) electrons. The number of aromatic nitrogens is 2. The standard InChI is InChI=1S/C21H23N3O3/c1-4-8-17-20(22-21(25)14-9-7-10-15(13-14)26-2)19(24-23-17)16-11-5-6-12-18(16)27-3/h5-7,9-13H,4,8H2,1-3H3,(H,22,25)(H,23,24). The van der Waals surface area contributed by atoms with Crippen LogP contribution >= 0.6 is 0 Å². The molecule has 2 aromatic carbocycles. The van der Waals surface area contributed by atoms with Crippen molar-refractivity contribution in [3.8, 4) is 22.8 Å². The predicted octanol–water partition coefficient (Wildman–Crippen LogP) is 4.30. The molecular weight excluding hydrogens is 342 g/mol. The number of para-hydroxylation sites is 1. The molecule has 0 aliphatic carbocycles. The fraction of sp³-hybridized carbons (Fsp3) is 0.238. The minimum Gasteiger partial charge on any atom is -0.497 e. The number of amides is 1. The second-order valence-electron chi connectivity index (χ2n) is 6.06. The number of ether oxygens (including phenoxy) is 2. The number of rotatable bonds is 7. The first-order valence-corrected chi connectivity index (χ1v) is 8.84. The molecule has 1 amide bonds. The van der Waals surface area contributed by atoms with E-state index in [1.807, 2.05) is 24.3 Å². The number of nitrogens with zero attached hydrogens (tertiary/aromatic N) is 1. The van der Waals surface area contributed by atoms with Crippen molar-refractivity contribution in [2.75, 3.05) is 19.5 Å². The number of methoxy groups -OCH3 is 2. The van der Waals surface area contributed by atoms with Crippen molar-refractivity contribution in [2.45, 2.75) is 19.8 Å². The van der Waals surface area contributed by atoms with Crippen LogP contribution in [0, 0.1) is 0 Å². The third kappa shape index (κ3) is 3.95. The molecule has 0 unspecified atom stereocenters. The maximum absolute atomic E-state index is 12.8. The molecule has 3 rings (SSSR count). The molecule has 0 aliphatic heterocycles. The Hall–Kier alpha value is -3.28. The minimum absolute atomic E-state index is 0.219. The van der Waals surface area contributed by atoms with E-state index in [9.17, 15) is 4.79 Å². The Bertz CT molecular complexity index is 934. The molecule has 1 aromatic heterocycles. The summed E-state index contributed by atoms with van der Waals surface area (Å²) in [6.07, 6.45) is 1.70. The van der Waals surface area contributed by atoms with E-state index in [1.54, 1.807) is 38.5 Å². The first-order valence-electron chi connectivity index (χ1n) is 8.84. The van der Waals surface area contributed by atoms with Crippen LogP contribution in [0.1, 0.15) is 29.4 Å². The van der Waals surface area contributed by atoms with Crippen LogP contribution < -0.4 is 14.8 Å². The highest BCUT2D eigenvalue weighted by Crippen LogP contribution is 2.35. The van der Waals surface area contributed by atoms with Gasteiger partial charge in [0.15, 0.2) is 0 Å². The second kappa shape index (κ2) is 8.40. The normalized spacial score (nSPS) is 10.5. The van der Waals surface area contributed by atoms with Gasteiger partial charge in [-0.05, 0) is 36.8 Å². The number of anilines is 1. The number of carbonyl (C=O) groups excluding carboxylic acids is 1. The Balaban J connectivity index is 2.00. The van der Waals surface area contributed by atoms with Crippen molar-refractivity contribution in [2.24, 2.45) is 0 Å². The van der Waals surface area contributed by atoms with Gasteiger partial charge in [0.25, 0.3) is 5.91 Å². The van der Waals surface area contributed by atoms with Gasteiger partial charge in [-0.3, -0.25) is 9.89 Å². The van der Waals surface area contributed by atoms with E-state index in [4.69, 9.17) is 9.47 Å². The lowest BCUT2D eigenvalue weighted by Gasteiger charge is -2.11. The lowest BCUT2D eigenvalue weighted by atomic mass is 10.1. The van der Waals surface area contributed by atoms with E-state index in [0.717, 1.165) is 24.1 Å². The summed E-state index contributed by atoms with van der Waals surface area (Å²) in [7, 11) is 3.19. The molecule has 0 atom stereocenters. The van der Waals surface area contributed by atoms with E-state index < -0.39 is 0 Å².